The summed E-state index contributed by atoms with van der Waals surface area (Å²) in [4.78, 5) is 0. The van der Waals surface area contributed by atoms with Crippen LogP contribution in [0.4, 0.5) is 0 Å². The fourth-order valence-electron chi connectivity index (χ4n) is 2.80. The molecule has 1 aromatic heterocycles. The van der Waals surface area contributed by atoms with Crippen molar-refractivity contribution < 1.29 is 4.21 Å². The van der Waals surface area contributed by atoms with Crippen LogP contribution in [0.3, 0.4) is 0 Å². The summed E-state index contributed by atoms with van der Waals surface area (Å²) in [5, 5.41) is 10.2. The second-order valence-corrected chi connectivity index (χ2v) is 8.22. The lowest BCUT2D eigenvalue weighted by Crippen LogP contribution is -2.33. The van der Waals surface area contributed by atoms with Crippen molar-refractivity contribution in [3.05, 3.63) is 53.3 Å². The largest absolute Gasteiger partial charge is 0.268 e. The van der Waals surface area contributed by atoms with Gasteiger partial charge in [-0.1, -0.05) is 37.3 Å². The third-order valence-corrected chi connectivity index (χ3v) is 5.30. The summed E-state index contributed by atoms with van der Waals surface area (Å²) in [6.45, 7) is 8.83. The molecular weight excluding hydrogens is 294 g/mol. The van der Waals surface area contributed by atoms with E-state index >= 15 is 0 Å². The number of nitrogens with zero attached hydrogens (tertiary/aromatic N) is 2. The summed E-state index contributed by atoms with van der Waals surface area (Å²) in [6, 6.07) is 10.3. The van der Waals surface area contributed by atoms with Crippen LogP contribution in [0.5, 0.6) is 0 Å². The molecule has 2 atom stereocenters. The zero-order chi connectivity index (χ0) is 16.3. The van der Waals surface area contributed by atoms with E-state index in [1.165, 1.54) is 11.1 Å². The molecule has 0 saturated heterocycles. The predicted octanol–water partition coefficient (Wildman–Crippen LogP) is 3.13. The van der Waals surface area contributed by atoms with E-state index in [9.17, 15) is 4.21 Å². The minimum absolute atomic E-state index is 0.270. The summed E-state index contributed by atoms with van der Waals surface area (Å²) >= 11 is 0. The van der Waals surface area contributed by atoms with E-state index < -0.39 is 15.7 Å². The van der Waals surface area contributed by atoms with Crippen molar-refractivity contribution in [2.24, 2.45) is 5.14 Å². The Kier molecular flexibility index (Phi) is 5.19. The Morgan fingerprint density at radius 1 is 1.32 bits per heavy atom. The van der Waals surface area contributed by atoms with Gasteiger partial charge in [0, 0.05) is 6.20 Å². The van der Waals surface area contributed by atoms with E-state index in [0.717, 1.165) is 18.7 Å². The SMILES string of the molecule is Cc1nn(Cc2ccccc2)cc1[C@@H](C)CC(C)(C)S(N)=O. The van der Waals surface area contributed by atoms with Gasteiger partial charge in [0.05, 0.1) is 28.0 Å². The number of aromatic nitrogens is 2. The van der Waals surface area contributed by atoms with Crippen LogP contribution in [0.25, 0.3) is 0 Å². The summed E-state index contributed by atoms with van der Waals surface area (Å²) in [7, 11) is -1.33. The molecule has 4 nitrogen and oxygen atoms in total. The summed E-state index contributed by atoms with van der Waals surface area (Å²) in [5.74, 6) is 0.270. The first-order chi connectivity index (χ1) is 10.3. The Morgan fingerprint density at radius 2 is 1.95 bits per heavy atom. The molecule has 0 aliphatic carbocycles. The van der Waals surface area contributed by atoms with Gasteiger partial charge < -0.3 is 0 Å². The molecule has 1 unspecified atom stereocenters. The highest BCUT2D eigenvalue weighted by Gasteiger charge is 2.28. The highest BCUT2D eigenvalue weighted by atomic mass is 32.2. The van der Waals surface area contributed by atoms with Gasteiger partial charge in [-0.15, -0.1) is 0 Å². The highest BCUT2D eigenvalue weighted by Crippen LogP contribution is 2.29. The normalized spacial score (nSPS) is 14.8. The van der Waals surface area contributed by atoms with E-state index in [2.05, 4.69) is 30.4 Å². The molecule has 1 aromatic carbocycles. The molecule has 22 heavy (non-hydrogen) atoms. The maximum atomic E-state index is 11.6. The topological polar surface area (TPSA) is 60.9 Å². The molecule has 0 radical (unpaired) electrons. The van der Waals surface area contributed by atoms with Gasteiger partial charge in [0.15, 0.2) is 0 Å². The van der Waals surface area contributed by atoms with Gasteiger partial charge in [-0.25, -0.2) is 4.21 Å². The van der Waals surface area contributed by atoms with Crippen LogP contribution >= 0.6 is 0 Å². The lowest BCUT2D eigenvalue weighted by Gasteiger charge is -2.24. The fourth-order valence-corrected chi connectivity index (χ4v) is 3.21. The minimum Gasteiger partial charge on any atom is -0.268 e. The quantitative estimate of drug-likeness (QED) is 0.889. The van der Waals surface area contributed by atoms with Crippen molar-refractivity contribution in [3.63, 3.8) is 0 Å². The Bertz CT molecular complexity index is 649. The van der Waals surface area contributed by atoms with Crippen LogP contribution in [-0.4, -0.2) is 18.7 Å². The number of hydrogen-bond donors (Lipinski definition) is 1. The van der Waals surface area contributed by atoms with Gasteiger partial charge in [0.1, 0.15) is 0 Å². The molecule has 2 rings (SSSR count). The van der Waals surface area contributed by atoms with Crippen molar-refractivity contribution in [1.82, 2.24) is 9.78 Å². The molecule has 0 aliphatic heterocycles. The average Bonchev–Trinajstić information content (AvgIpc) is 2.80. The first kappa shape index (κ1) is 16.9. The van der Waals surface area contributed by atoms with Gasteiger partial charge in [0.25, 0.3) is 0 Å². The van der Waals surface area contributed by atoms with Crippen molar-refractivity contribution in [2.45, 2.75) is 51.3 Å². The zero-order valence-corrected chi connectivity index (χ0v) is 14.6. The number of aryl methyl sites for hydroxylation is 1. The van der Waals surface area contributed by atoms with Crippen LogP contribution in [0.15, 0.2) is 36.5 Å². The molecule has 0 saturated carbocycles. The molecule has 0 amide bonds. The molecule has 0 spiro atoms. The standard InChI is InChI=1S/C17H25N3OS/c1-13(10-17(3,4)22(18)21)16-12-20(19-14(16)2)11-15-8-6-5-7-9-15/h5-9,12-13H,10-11,18H2,1-4H3/t13-,22?/m0/s1. The molecule has 120 valence electrons. The van der Waals surface area contributed by atoms with E-state index in [1.54, 1.807) is 0 Å². The van der Waals surface area contributed by atoms with E-state index in [4.69, 9.17) is 5.14 Å². The molecular formula is C17H25N3OS. The molecule has 2 N–H and O–H groups in total. The van der Waals surface area contributed by atoms with Crippen LogP contribution in [0.1, 0.15) is 49.9 Å². The average molecular weight is 319 g/mol. The van der Waals surface area contributed by atoms with Crippen molar-refractivity contribution in [2.75, 3.05) is 0 Å². The van der Waals surface area contributed by atoms with Gasteiger partial charge in [-0.3, -0.25) is 9.82 Å². The Hall–Kier alpha value is -1.46. The maximum absolute atomic E-state index is 11.6. The van der Waals surface area contributed by atoms with Crippen LogP contribution < -0.4 is 5.14 Å². The van der Waals surface area contributed by atoms with Crippen molar-refractivity contribution in [1.29, 1.82) is 0 Å². The van der Waals surface area contributed by atoms with E-state index in [-0.39, 0.29) is 5.92 Å². The predicted molar refractivity (Wildman–Crippen MR) is 91.9 cm³/mol. The summed E-state index contributed by atoms with van der Waals surface area (Å²) < 4.78 is 13.2. The molecule has 0 bridgehead atoms. The first-order valence-electron chi connectivity index (χ1n) is 7.54. The smallest absolute Gasteiger partial charge is 0.0945 e. The van der Waals surface area contributed by atoms with Crippen LogP contribution in [-0.2, 0) is 17.5 Å². The van der Waals surface area contributed by atoms with Crippen molar-refractivity contribution >= 4 is 11.0 Å². The van der Waals surface area contributed by atoms with Gasteiger partial charge in [-0.2, -0.15) is 5.10 Å². The number of hydrogen-bond acceptors (Lipinski definition) is 2. The lowest BCUT2D eigenvalue weighted by atomic mass is 9.92. The number of nitrogens with two attached hydrogens (primary N) is 1. The Balaban J connectivity index is 2.14. The van der Waals surface area contributed by atoms with Gasteiger partial charge in [0.2, 0.25) is 0 Å². The van der Waals surface area contributed by atoms with E-state index in [1.807, 2.05) is 43.7 Å². The molecule has 5 heteroatoms. The molecule has 1 heterocycles. The Morgan fingerprint density at radius 3 is 2.55 bits per heavy atom. The third kappa shape index (κ3) is 4.05. The van der Waals surface area contributed by atoms with E-state index in [0.29, 0.717) is 0 Å². The second kappa shape index (κ2) is 6.75. The summed E-state index contributed by atoms with van der Waals surface area (Å²) in [6.07, 6.45) is 2.87. The third-order valence-electron chi connectivity index (χ3n) is 4.05. The highest BCUT2D eigenvalue weighted by molar-refractivity contribution is 7.84. The monoisotopic (exact) mass is 319 g/mol. The van der Waals surface area contributed by atoms with Crippen molar-refractivity contribution in [3.8, 4) is 0 Å². The van der Waals surface area contributed by atoms with Gasteiger partial charge in [-0.05, 0) is 44.2 Å². The zero-order valence-electron chi connectivity index (χ0n) is 13.7. The fraction of sp³-hybridized carbons (Fsp3) is 0.471. The number of rotatable bonds is 6. The molecule has 2 aromatic rings. The molecule has 0 fully saturated rings. The minimum atomic E-state index is -1.33. The van der Waals surface area contributed by atoms with Crippen LogP contribution in [0, 0.1) is 6.92 Å². The summed E-state index contributed by atoms with van der Waals surface area (Å²) in [5.41, 5.74) is 3.46. The van der Waals surface area contributed by atoms with Crippen LogP contribution in [0.2, 0.25) is 0 Å². The second-order valence-electron chi connectivity index (χ2n) is 6.52. The number of benzene rings is 1. The van der Waals surface area contributed by atoms with Gasteiger partial charge >= 0.3 is 0 Å². The lowest BCUT2D eigenvalue weighted by molar-refractivity contribution is 0.539. The first-order valence-corrected chi connectivity index (χ1v) is 8.75. The Labute approximate surface area is 135 Å². The molecule has 0 aliphatic rings. The maximum Gasteiger partial charge on any atom is 0.0945 e.